The fourth-order valence-electron chi connectivity index (χ4n) is 1.87. The molecule has 4 N–H and O–H groups in total. The summed E-state index contributed by atoms with van der Waals surface area (Å²) in [6.45, 7) is -1.41. The Labute approximate surface area is 120 Å². The van der Waals surface area contributed by atoms with E-state index in [9.17, 15) is 18.0 Å². The molecule has 0 aliphatic carbocycles. The van der Waals surface area contributed by atoms with Crippen molar-refractivity contribution in [1.82, 2.24) is 10.3 Å². The first kappa shape index (κ1) is 17.4. The number of aliphatic hydroxyl groups is 1. The molecule has 0 bridgehead atoms. The summed E-state index contributed by atoms with van der Waals surface area (Å²) in [4.78, 5) is 12.2. The number of nitrogens with two attached hydrogens (primary N) is 1. The molecule has 0 atom stereocenters. The van der Waals surface area contributed by atoms with Crippen LogP contribution in [0.5, 0.6) is 0 Å². The lowest BCUT2D eigenvalue weighted by Gasteiger charge is -2.22. The van der Waals surface area contributed by atoms with E-state index in [1.807, 2.05) is 5.43 Å². The van der Waals surface area contributed by atoms with E-state index in [-0.39, 0.29) is 32.0 Å². The second kappa shape index (κ2) is 7.96. The van der Waals surface area contributed by atoms with Gasteiger partial charge in [0.25, 0.3) is 0 Å². The predicted octanol–water partition coefficient (Wildman–Crippen LogP) is 0.576. The van der Waals surface area contributed by atoms with Crippen molar-refractivity contribution in [2.45, 2.75) is 19.1 Å². The Bertz CT molecular complexity index is 449. The van der Waals surface area contributed by atoms with E-state index < -0.39 is 12.7 Å². The van der Waals surface area contributed by atoms with E-state index in [2.05, 4.69) is 0 Å². The fourth-order valence-corrected chi connectivity index (χ4v) is 1.87. The van der Waals surface area contributed by atoms with Crippen molar-refractivity contribution >= 4 is 5.91 Å². The van der Waals surface area contributed by atoms with Crippen molar-refractivity contribution < 1.29 is 23.1 Å². The van der Waals surface area contributed by atoms with Gasteiger partial charge in [-0.15, -0.1) is 0 Å². The molecule has 0 aliphatic heterocycles. The lowest BCUT2D eigenvalue weighted by Crippen LogP contribution is -2.35. The first-order chi connectivity index (χ1) is 9.84. The number of nitrogens with one attached hydrogen (secondary N) is 1. The summed E-state index contributed by atoms with van der Waals surface area (Å²) in [6, 6.07) is 6.63. The highest BCUT2D eigenvalue weighted by atomic mass is 19.4. The molecular weight excluding hydrogens is 287 g/mol. The van der Waals surface area contributed by atoms with Gasteiger partial charge in [0.15, 0.2) is 0 Å². The Morgan fingerprint density at radius 3 is 2.29 bits per heavy atom. The Hall–Kier alpha value is -1.64. The number of amides is 1. The van der Waals surface area contributed by atoms with Gasteiger partial charge < -0.3 is 5.11 Å². The zero-order chi connectivity index (χ0) is 15.9. The quantitative estimate of drug-likeness (QED) is 0.391. The molecule has 5 nitrogen and oxygen atoms in total. The van der Waals surface area contributed by atoms with Crippen molar-refractivity contribution in [3.8, 4) is 0 Å². The summed E-state index contributed by atoms with van der Waals surface area (Å²) in [5, 5.41) is 8.82. The van der Waals surface area contributed by atoms with Gasteiger partial charge in [-0.05, 0) is 11.1 Å². The van der Waals surface area contributed by atoms with E-state index in [0.29, 0.717) is 11.1 Å². The van der Waals surface area contributed by atoms with Gasteiger partial charge in [-0.1, -0.05) is 24.3 Å². The molecule has 21 heavy (non-hydrogen) atoms. The van der Waals surface area contributed by atoms with Crippen LogP contribution in [-0.4, -0.2) is 41.8 Å². The zero-order valence-electron chi connectivity index (χ0n) is 11.4. The number of benzene rings is 1. The fraction of sp³-hybridized carbons (Fsp3) is 0.462. The molecular formula is C13H18F3N3O2. The first-order valence-corrected chi connectivity index (χ1v) is 6.31. The van der Waals surface area contributed by atoms with Crippen LogP contribution in [0.2, 0.25) is 0 Å². The SMILES string of the molecule is NNC(=O)Cc1ccc(CN(CCO)CC(F)(F)F)cc1. The molecule has 0 unspecified atom stereocenters. The number of carbonyl (C=O) groups excluding carboxylic acids is 1. The van der Waals surface area contributed by atoms with E-state index in [0.717, 1.165) is 4.90 Å². The van der Waals surface area contributed by atoms with Gasteiger partial charge in [-0.25, -0.2) is 5.84 Å². The Balaban J connectivity index is 2.65. The zero-order valence-corrected chi connectivity index (χ0v) is 11.4. The topological polar surface area (TPSA) is 78.6 Å². The molecule has 1 rings (SSSR count). The van der Waals surface area contributed by atoms with E-state index >= 15 is 0 Å². The van der Waals surface area contributed by atoms with Crippen molar-refractivity contribution in [2.24, 2.45) is 5.84 Å². The number of hydrogen-bond donors (Lipinski definition) is 3. The maximum atomic E-state index is 12.4. The monoisotopic (exact) mass is 305 g/mol. The van der Waals surface area contributed by atoms with Gasteiger partial charge in [0.05, 0.1) is 19.6 Å². The highest BCUT2D eigenvalue weighted by molar-refractivity contribution is 5.77. The molecule has 1 aromatic carbocycles. The predicted molar refractivity (Wildman–Crippen MR) is 70.9 cm³/mol. The average Bonchev–Trinajstić information content (AvgIpc) is 2.39. The molecule has 0 saturated heterocycles. The second-order valence-corrected chi connectivity index (χ2v) is 4.61. The summed E-state index contributed by atoms with van der Waals surface area (Å²) >= 11 is 0. The van der Waals surface area contributed by atoms with Gasteiger partial charge in [-0.3, -0.25) is 15.1 Å². The van der Waals surface area contributed by atoms with Gasteiger partial charge in [0, 0.05) is 13.1 Å². The number of carbonyl (C=O) groups is 1. The lowest BCUT2D eigenvalue weighted by atomic mass is 10.1. The highest BCUT2D eigenvalue weighted by Gasteiger charge is 2.30. The van der Waals surface area contributed by atoms with Crippen LogP contribution in [0.4, 0.5) is 13.2 Å². The smallest absolute Gasteiger partial charge is 0.395 e. The van der Waals surface area contributed by atoms with Crippen LogP contribution >= 0.6 is 0 Å². The maximum absolute atomic E-state index is 12.4. The lowest BCUT2D eigenvalue weighted by molar-refractivity contribution is -0.148. The number of aliphatic hydroxyl groups excluding tert-OH is 1. The van der Waals surface area contributed by atoms with Crippen LogP contribution in [0.1, 0.15) is 11.1 Å². The summed E-state index contributed by atoms with van der Waals surface area (Å²) in [7, 11) is 0. The van der Waals surface area contributed by atoms with Gasteiger partial charge >= 0.3 is 6.18 Å². The number of hydrazine groups is 1. The maximum Gasteiger partial charge on any atom is 0.401 e. The number of rotatable bonds is 7. The third kappa shape index (κ3) is 7.07. The minimum Gasteiger partial charge on any atom is -0.395 e. The van der Waals surface area contributed by atoms with Crippen LogP contribution in [-0.2, 0) is 17.8 Å². The molecule has 1 aromatic rings. The van der Waals surface area contributed by atoms with E-state index in [1.54, 1.807) is 24.3 Å². The molecule has 0 aliphatic rings. The van der Waals surface area contributed by atoms with Crippen molar-refractivity contribution in [1.29, 1.82) is 0 Å². The van der Waals surface area contributed by atoms with E-state index in [4.69, 9.17) is 10.9 Å². The number of nitrogens with zero attached hydrogens (tertiary/aromatic N) is 1. The van der Waals surface area contributed by atoms with Crippen molar-refractivity contribution in [2.75, 3.05) is 19.7 Å². The van der Waals surface area contributed by atoms with Crippen LogP contribution in [0, 0.1) is 0 Å². The number of alkyl halides is 3. The molecule has 1 amide bonds. The van der Waals surface area contributed by atoms with Gasteiger partial charge in [0.2, 0.25) is 5.91 Å². The minimum atomic E-state index is -4.31. The second-order valence-electron chi connectivity index (χ2n) is 4.61. The van der Waals surface area contributed by atoms with Crippen LogP contribution in [0.3, 0.4) is 0 Å². The van der Waals surface area contributed by atoms with Gasteiger partial charge in [-0.2, -0.15) is 13.2 Å². The van der Waals surface area contributed by atoms with Crippen LogP contribution in [0.15, 0.2) is 24.3 Å². The number of hydrogen-bond acceptors (Lipinski definition) is 4. The summed E-state index contributed by atoms with van der Waals surface area (Å²) in [5.41, 5.74) is 3.39. The Morgan fingerprint density at radius 2 is 1.81 bits per heavy atom. The van der Waals surface area contributed by atoms with Crippen molar-refractivity contribution in [3.63, 3.8) is 0 Å². The third-order valence-corrected chi connectivity index (χ3v) is 2.77. The largest absolute Gasteiger partial charge is 0.401 e. The summed E-state index contributed by atoms with van der Waals surface area (Å²) in [6.07, 6.45) is -4.20. The standard InChI is InChI=1S/C13H18F3N3O2/c14-13(15,16)9-19(5-6-20)8-11-3-1-10(2-4-11)7-12(21)18-17/h1-4,20H,5-9,17H2,(H,18,21). The van der Waals surface area contributed by atoms with E-state index in [1.165, 1.54) is 0 Å². The molecule has 0 radical (unpaired) electrons. The first-order valence-electron chi connectivity index (χ1n) is 6.31. The number of halogens is 3. The van der Waals surface area contributed by atoms with Crippen molar-refractivity contribution in [3.05, 3.63) is 35.4 Å². The molecule has 0 saturated carbocycles. The third-order valence-electron chi connectivity index (χ3n) is 2.77. The summed E-state index contributed by atoms with van der Waals surface area (Å²) < 4.78 is 37.2. The molecule has 0 fully saturated rings. The van der Waals surface area contributed by atoms with Gasteiger partial charge in [0.1, 0.15) is 0 Å². The van der Waals surface area contributed by atoms with Crippen LogP contribution < -0.4 is 11.3 Å². The molecule has 0 heterocycles. The summed E-state index contributed by atoms with van der Waals surface area (Å²) in [5.74, 6) is 4.63. The Kier molecular flexibility index (Phi) is 6.60. The highest BCUT2D eigenvalue weighted by Crippen LogP contribution is 2.18. The average molecular weight is 305 g/mol. The molecule has 0 spiro atoms. The van der Waals surface area contributed by atoms with Crippen LogP contribution in [0.25, 0.3) is 0 Å². The molecule has 118 valence electrons. The Morgan fingerprint density at radius 1 is 1.24 bits per heavy atom. The molecule has 0 aromatic heterocycles. The molecule has 8 heteroatoms. The normalized spacial score (nSPS) is 11.7. The minimum absolute atomic E-state index is 0.0587.